The summed E-state index contributed by atoms with van der Waals surface area (Å²) < 4.78 is 1.74. The molecule has 1 aromatic rings. The summed E-state index contributed by atoms with van der Waals surface area (Å²) in [7, 11) is 0. The zero-order valence-electron chi connectivity index (χ0n) is 14.9. The van der Waals surface area contributed by atoms with Crippen molar-refractivity contribution in [3.63, 3.8) is 0 Å². The minimum absolute atomic E-state index is 0.0431. The lowest BCUT2D eigenvalue weighted by Crippen LogP contribution is -2.57. The van der Waals surface area contributed by atoms with Gasteiger partial charge in [0.05, 0.1) is 0 Å². The predicted molar refractivity (Wildman–Crippen MR) is 93.0 cm³/mol. The van der Waals surface area contributed by atoms with Gasteiger partial charge in [-0.2, -0.15) is 5.10 Å². The maximum absolute atomic E-state index is 12.8. The van der Waals surface area contributed by atoms with Crippen LogP contribution in [0.4, 0.5) is 0 Å². The van der Waals surface area contributed by atoms with Crippen LogP contribution in [0, 0.1) is 5.92 Å². The summed E-state index contributed by atoms with van der Waals surface area (Å²) in [5.74, 6) is 0.618. The number of likely N-dealkylation sites (tertiary alicyclic amines) is 2. The van der Waals surface area contributed by atoms with Crippen molar-refractivity contribution >= 4 is 11.8 Å². The smallest absolute Gasteiger partial charge is 0.272 e. The Kier molecular flexibility index (Phi) is 5.73. The SMILES string of the molecule is CCn1nccc1C(=O)N1CC[C@@H]2[C@@H](CCC(=O)N2CCCCO)C1. The van der Waals surface area contributed by atoms with Crippen LogP contribution in [0.3, 0.4) is 0 Å². The average molecular weight is 348 g/mol. The van der Waals surface area contributed by atoms with E-state index in [1.807, 2.05) is 16.7 Å². The highest BCUT2D eigenvalue weighted by Gasteiger charge is 2.40. The Labute approximate surface area is 148 Å². The predicted octanol–water partition coefficient (Wildman–Crippen LogP) is 1.13. The van der Waals surface area contributed by atoms with Crippen molar-refractivity contribution < 1.29 is 14.7 Å². The number of hydrogen-bond acceptors (Lipinski definition) is 4. The first-order valence-corrected chi connectivity index (χ1v) is 9.37. The van der Waals surface area contributed by atoms with Crippen LogP contribution < -0.4 is 0 Å². The van der Waals surface area contributed by atoms with Crippen molar-refractivity contribution in [2.24, 2.45) is 5.92 Å². The summed E-state index contributed by atoms with van der Waals surface area (Å²) in [4.78, 5) is 29.1. The first kappa shape index (κ1) is 17.9. The summed E-state index contributed by atoms with van der Waals surface area (Å²) in [6.45, 7) is 4.94. The molecule has 0 unspecified atom stereocenters. The number of aliphatic hydroxyl groups excluding tert-OH is 1. The maximum Gasteiger partial charge on any atom is 0.272 e. The van der Waals surface area contributed by atoms with Crippen molar-refractivity contribution in [3.05, 3.63) is 18.0 Å². The van der Waals surface area contributed by atoms with Gasteiger partial charge in [0.15, 0.2) is 0 Å². The highest BCUT2D eigenvalue weighted by Crippen LogP contribution is 2.32. The first-order valence-electron chi connectivity index (χ1n) is 9.37. The number of unbranched alkanes of at least 4 members (excludes halogenated alkanes) is 1. The third-order valence-corrected chi connectivity index (χ3v) is 5.47. The Morgan fingerprint density at radius 3 is 2.96 bits per heavy atom. The van der Waals surface area contributed by atoms with Gasteiger partial charge in [-0.3, -0.25) is 14.3 Å². The lowest BCUT2D eigenvalue weighted by atomic mass is 9.83. The van der Waals surface area contributed by atoms with E-state index in [0.29, 0.717) is 37.7 Å². The number of nitrogens with zero attached hydrogens (tertiary/aromatic N) is 4. The number of carbonyl (C=O) groups excluding carboxylic acids is 2. The fourth-order valence-electron chi connectivity index (χ4n) is 4.15. The van der Waals surface area contributed by atoms with E-state index in [4.69, 9.17) is 5.11 Å². The minimum atomic E-state index is 0.0431. The van der Waals surface area contributed by atoms with E-state index in [-0.39, 0.29) is 24.5 Å². The normalized spacial score (nSPS) is 23.7. The molecule has 0 aliphatic carbocycles. The van der Waals surface area contributed by atoms with Crippen LogP contribution in [0.2, 0.25) is 0 Å². The van der Waals surface area contributed by atoms with Gasteiger partial charge in [-0.1, -0.05) is 0 Å². The summed E-state index contributed by atoms with van der Waals surface area (Å²) in [5, 5.41) is 13.2. The van der Waals surface area contributed by atoms with Crippen LogP contribution in [0.25, 0.3) is 0 Å². The van der Waals surface area contributed by atoms with Crippen molar-refractivity contribution in [1.82, 2.24) is 19.6 Å². The van der Waals surface area contributed by atoms with Gasteiger partial charge < -0.3 is 14.9 Å². The number of rotatable bonds is 6. The standard InChI is InChI=1S/C18H28N4O3/c1-2-22-16(7-9-19-22)18(25)20-11-8-15-14(13-20)5-6-17(24)21(15)10-3-4-12-23/h7,9,14-15,23H,2-6,8,10-13H2,1H3/t14-,15+/m0/s1. The molecule has 1 aromatic heterocycles. The highest BCUT2D eigenvalue weighted by atomic mass is 16.3. The maximum atomic E-state index is 12.8. The molecule has 3 heterocycles. The van der Waals surface area contributed by atoms with E-state index in [2.05, 4.69) is 5.10 Å². The Morgan fingerprint density at radius 1 is 1.36 bits per heavy atom. The highest BCUT2D eigenvalue weighted by molar-refractivity contribution is 5.92. The fraction of sp³-hybridized carbons (Fsp3) is 0.722. The second-order valence-electron chi connectivity index (χ2n) is 6.96. The molecule has 2 atom stereocenters. The lowest BCUT2D eigenvalue weighted by Gasteiger charge is -2.47. The molecule has 2 fully saturated rings. The second-order valence-corrected chi connectivity index (χ2v) is 6.96. The number of amides is 2. The van der Waals surface area contributed by atoms with Gasteiger partial charge >= 0.3 is 0 Å². The molecule has 7 heteroatoms. The van der Waals surface area contributed by atoms with E-state index in [9.17, 15) is 9.59 Å². The van der Waals surface area contributed by atoms with Gasteiger partial charge in [-0.15, -0.1) is 0 Å². The van der Waals surface area contributed by atoms with E-state index in [0.717, 1.165) is 32.2 Å². The Bertz CT molecular complexity index is 615. The Hall–Kier alpha value is -1.89. The van der Waals surface area contributed by atoms with Gasteiger partial charge in [0.25, 0.3) is 5.91 Å². The molecule has 0 aromatic carbocycles. The first-order chi connectivity index (χ1) is 12.2. The zero-order valence-corrected chi connectivity index (χ0v) is 14.9. The summed E-state index contributed by atoms with van der Waals surface area (Å²) in [6, 6.07) is 2.02. The molecule has 3 rings (SSSR count). The molecule has 2 saturated heterocycles. The number of aromatic nitrogens is 2. The number of carbonyl (C=O) groups is 2. The lowest BCUT2D eigenvalue weighted by molar-refractivity contribution is -0.140. The quantitative estimate of drug-likeness (QED) is 0.782. The van der Waals surface area contributed by atoms with Gasteiger partial charge in [-0.05, 0) is 44.6 Å². The average Bonchev–Trinajstić information content (AvgIpc) is 3.11. The molecule has 138 valence electrons. The molecule has 0 saturated carbocycles. The van der Waals surface area contributed by atoms with E-state index < -0.39 is 0 Å². The fourth-order valence-corrected chi connectivity index (χ4v) is 4.15. The van der Waals surface area contributed by atoms with Crippen LogP contribution in [0.1, 0.15) is 49.5 Å². The zero-order chi connectivity index (χ0) is 17.8. The third-order valence-electron chi connectivity index (χ3n) is 5.47. The summed E-state index contributed by atoms with van der Waals surface area (Å²) in [5.41, 5.74) is 0.646. The van der Waals surface area contributed by atoms with Gasteiger partial charge in [-0.25, -0.2) is 0 Å². The molecule has 2 amide bonds. The topological polar surface area (TPSA) is 78.7 Å². The number of fused-ring (bicyclic) bond motifs is 1. The number of aliphatic hydroxyl groups is 1. The largest absolute Gasteiger partial charge is 0.396 e. The van der Waals surface area contributed by atoms with Crippen LogP contribution in [-0.2, 0) is 11.3 Å². The van der Waals surface area contributed by atoms with Crippen molar-refractivity contribution in [1.29, 1.82) is 0 Å². The van der Waals surface area contributed by atoms with Crippen molar-refractivity contribution in [3.8, 4) is 0 Å². The number of piperidine rings is 2. The van der Waals surface area contributed by atoms with E-state index >= 15 is 0 Å². The molecule has 25 heavy (non-hydrogen) atoms. The van der Waals surface area contributed by atoms with Crippen LogP contribution in [-0.4, -0.2) is 68.8 Å². The van der Waals surface area contributed by atoms with Crippen molar-refractivity contribution in [2.75, 3.05) is 26.2 Å². The van der Waals surface area contributed by atoms with Crippen molar-refractivity contribution in [2.45, 2.75) is 51.6 Å². The molecule has 1 N–H and O–H groups in total. The summed E-state index contributed by atoms with van der Waals surface area (Å²) >= 11 is 0. The van der Waals surface area contributed by atoms with Crippen LogP contribution in [0.15, 0.2) is 12.3 Å². The molecule has 0 bridgehead atoms. The van der Waals surface area contributed by atoms with Gasteiger partial charge in [0.2, 0.25) is 5.91 Å². The molecular weight excluding hydrogens is 320 g/mol. The van der Waals surface area contributed by atoms with Gasteiger partial charge in [0, 0.05) is 51.4 Å². The Balaban J connectivity index is 1.65. The molecule has 7 nitrogen and oxygen atoms in total. The molecule has 0 radical (unpaired) electrons. The number of hydrogen-bond donors (Lipinski definition) is 1. The third kappa shape index (κ3) is 3.71. The Morgan fingerprint density at radius 2 is 2.20 bits per heavy atom. The van der Waals surface area contributed by atoms with Crippen LogP contribution in [0.5, 0.6) is 0 Å². The molecule has 2 aliphatic heterocycles. The van der Waals surface area contributed by atoms with Crippen LogP contribution >= 0.6 is 0 Å². The molecular formula is C18H28N4O3. The minimum Gasteiger partial charge on any atom is -0.396 e. The van der Waals surface area contributed by atoms with E-state index in [1.54, 1.807) is 16.9 Å². The summed E-state index contributed by atoms with van der Waals surface area (Å²) in [6.07, 6.45) is 5.50. The van der Waals surface area contributed by atoms with Gasteiger partial charge in [0.1, 0.15) is 5.69 Å². The van der Waals surface area contributed by atoms with E-state index in [1.165, 1.54) is 0 Å². The molecule has 2 aliphatic rings. The molecule has 0 spiro atoms. The number of aryl methyl sites for hydroxylation is 1. The monoisotopic (exact) mass is 348 g/mol. The second kappa shape index (κ2) is 7.99.